The molecule has 0 unspecified atom stereocenters. The molecule has 108 valence electrons. The molecule has 0 aliphatic rings. The first-order valence-corrected chi connectivity index (χ1v) is 6.76. The molecule has 0 aliphatic heterocycles. The average molecular weight is 275 g/mol. The van der Waals surface area contributed by atoms with Crippen molar-refractivity contribution in [3.8, 4) is 0 Å². The lowest BCUT2D eigenvalue weighted by Gasteiger charge is -2.21. The maximum atomic E-state index is 9.17. The third kappa shape index (κ3) is 4.43. The molecule has 0 amide bonds. The number of aliphatic hydroxyl groups excluding tert-OH is 1. The highest BCUT2D eigenvalue weighted by Gasteiger charge is 2.16. The zero-order chi connectivity index (χ0) is 14.4. The minimum Gasteiger partial charge on any atom is -0.396 e. The summed E-state index contributed by atoms with van der Waals surface area (Å²) >= 11 is 0. The van der Waals surface area contributed by atoms with Crippen LogP contribution in [0.25, 0.3) is 0 Å². The first-order chi connectivity index (χ1) is 9.59. The molecule has 5 nitrogen and oxygen atoms in total. The van der Waals surface area contributed by atoms with Crippen LogP contribution in [-0.4, -0.2) is 28.4 Å². The van der Waals surface area contributed by atoms with Gasteiger partial charge in [0.15, 0.2) is 5.82 Å². The molecule has 1 aromatic carbocycles. The van der Waals surface area contributed by atoms with Gasteiger partial charge >= 0.3 is 0 Å². The number of rotatable bonds is 7. The summed E-state index contributed by atoms with van der Waals surface area (Å²) in [7, 11) is 0. The van der Waals surface area contributed by atoms with Crippen molar-refractivity contribution in [3.05, 3.63) is 47.6 Å². The predicted molar refractivity (Wildman–Crippen MR) is 76.1 cm³/mol. The summed E-state index contributed by atoms with van der Waals surface area (Å²) in [5.74, 6) is 1.26. The molecule has 0 radical (unpaired) electrons. The molecule has 5 heteroatoms. The second-order valence-corrected chi connectivity index (χ2v) is 5.69. The largest absolute Gasteiger partial charge is 0.396 e. The molecule has 0 atom stereocenters. The van der Waals surface area contributed by atoms with Gasteiger partial charge in [-0.25, -0.2) is 0 Å². The van der Waals surface area contributed by atoms with Gasteiger partial charge in [0.05, 0.1) is 6.54 Å². The van der Waals surface area contributed by atoms with E-state index in [9.17, 15) is 0 Å². The van der Waals surface area contributed by atoms with E-state index in [2.05, 4.69) is 15.5 Å². The van der Waals surface area contributed by atoms with Crippen molar-refractivity contribution in [1.82, 2.24) is 15.5 Å². The summed E-state index contributed by atoms with van der Waals surface area (Å²) < 4.78 is 5.20. The molecule has 2 N–H and O–H groups in total. The zero-order valence-corrected chi connectivity index (χ0v) is 12.0. The number of aromatic nitrogens is 2. The van der Waals surface area contributed by atoms with E-state index in [-0.39, 0.29) is 12.0 Å². The molecule has 0 spiro atoms. The van der Waals surface area contributed by atoms with Gasteiger partial charge < -0.3 is 14.9 Å². The number of nitrogens with one attached hydrogen (secondary N) is 1. The fraction of sp³-hybridized carbons (Fsp3) is 0.467. The van der Waals surface area contributed by atoms with Gasteiger partial charge in [0.25, 0.3) is 0 Å². The van der Waals surface area contributed by atoms with E-state index >= 15 is 0 Å². The molecule has 0 saturated carbocycles. The third-order valence-corrected chi connectivity index (χ3v) is 3.02. The minimum atomic E-state index is -0.146. The van der Waals surface area contributed by atoms with Gasteiger partial charge in [-0.2, -0.15) is 4.98 Å². The highest BCUT2D eigenvalue weighted by atomic mass is 16.5. The van der Waals surface area contributed by atoms with E-state index in [1.807, 2.05) is 44.2 Å². The van der Waals surface area contributed by atoms with Crippen LogP contribution in [0, 0.1) is 5.41 Å². The van der Waals surface area contributed by atoms with E-state index < -0.39 is 0 Å². The summed E-state index contributed by atoms with van der Waals surface area (Å²) in [6.45, 7) is 5.34. The Hall–Kier alpha value is -1.72. The van der Waals surface area contributed by atoms with Crippen molar-refractivity contribution in [2.24, 2.45) is 5.41 Å². The molecule has 0 aliphatic carbocycles. The smallest absolute Gasteiger partial charge is 0.240 e. The number of hydrogen-bond acceptors (Lipinski definition) is 5. The normalized spacial score (nSPS) is 11.8. The summed E-state index contributed by atoms with van der Waals surface area (Å²) in [6, 6.07) is 10.1. The summed E-state index contributed by atoms with van der Waals surface area (Å²) in [5.41, 5.74) is 1.02. The quantitative estimate of drug-likeness (QED) is 0.806. The third-order valence-electron chi connectivity index (χ3n) is 3.02. The van der Waals surface area contributed by atoms with E-state index in [0.29, 0.717) is 31.2 Å². The molecule has 0 saturated heterocycles. The second-order valence-electron chi connectivity index (χ2n) is 5.69. The number of nitrogens with zero attached hydrogens (tertiary/aromatic N) is 2. The molecular weight excluding hydrogens is 254 g/mol. The van der Waals surface area contributed by atoms with Gasteiger partial charge in [-0.15, -0.1) is 0 Å². The van der Waals surface area contributed by atoms with Crippen molar-refractivity contribution >= 4 is 0 Å². The molecule has 1 aromatic heterocycles. The Kier molecular flexibility index (Phi) is 4.87. The van der Waals surface area contributed by atoms with Crippen LogP contribution in [-0.2, 0) is 13.0 Å². The van der Waals surface area contributed by atoms with Crippen molar-refractivity contribution in [2.75, 3.05) is 13.2 Å². The fourth-order valence-electron chi connectivity index (χ4n) is 1.78. The lowest BCUT2D eigenvalue weighted by Crippen LogP contribution is -2.31. The predicted octanol–water partition coefficient (Wildman–Crippen LogP) is 1.77. The van der Waals surface area contributed by atoms with Crippen LogP contribution in [0.5, 0.6) is 0 Å². The van der Waals surface area contributed by atoms with Gasteiger partial charge in [0, 0.05) is 25.0 Å². The van der Waals surface area contributed by atoms with Crippen LogP contribution in [0.15, 0.2) is 34.9 Å². The number of aliphatic hydroxyl groups is 1. The highest BCUT2D eigenvalue weighted by Crippen LogP contribution is 2.12. The molecule has 2 rings (SSSR count). The van der Waals surface area contributed by atoms with Gasteiger partial charge in [0.2, 0.25) is 5.89 Å². The average Bonchev–Trinajstić information content (AvgIpc) is 2.87. The summed E-state index contributed by atoms with van der Waals surface area (Å²) in [4.78, 5) is 4.35. The standard InChI is InChI=1S/C15H21N3O2/c1-15(2,11-19)10-16-9-14-17-13(18-20-14)8-12-6-4-3-5-7-12/h3-7,16,19H,8-11H2,1-2H3. The van der Waals surface area contributed by atoms with Gasteiger partial charge in [-0.3, -0.25) is 0 Å². The second kappa shape index (κ2) is 6.63. The van der Waals surface area contributed by atoms with Crippen LogP contribution >= 0.6 is 0 Å². The van der Waals surface area contributed by atoms with Crippen LogP contribution < -0.4 is 5.32 Å². The minimum absolute atomic E-state index is 0.142. The molecule has 2 aromatic rings. The maximum Gasteiger partial charge on any atom is 0.240 e. The van der Waals surface area contributed by atoms with E-state index in [4.69, 9.17) is 9.63 Å². The van der Waals surface area contributed by atoms with Crippen LogP contribution in [0.4, 0.5) is 0 Å². The maximum absolute atomic E-state index is 9.17. The Morgan fingerprint density at radius 3 is 2.70 bits per heavy atom. The van der Waals surface area contributed by atoms with E-state index in [0.717, 1.165) is 5.56 Å². The van der Waals surface area contributed by atoms with E-state index in [1.165, 1.54) is 0 Å². The highest BCUT2D eigenvalue weighted by molar-refractivity contribution is 5.18. The Labute approximate surface area is 119 Å². The number of benzene rings is 1. The zero-order valence-electron chi connectivity index (χ0n) is 12.0. The molecule has 0 bridgehead atoms. The van der Waals surface area contributed by atoms with Crippen molar-refractivity contribution in [3.63, 3.8) is 0 Å². The molecular formula is C15H21N3O2. The summed E-state index contributed by atoms with van der Waals surface area (Å²) in [5, 5.41) is 16.4. The first-order valence-electron chi connectivity index (χ1n) is 6.76. The Morgan fingerprint density at radius 2 is 2.00 bits per heavy atom. The van der Waals surface area contributed by atoms with Gasteiger partial charge in [-0.1, -0.05) is 49.3 Å². The Morgan fingerprint density at radius 1 is 1.25 bits per heavy atom. The SMILES string of the molecule is CC(C)(CO)CNCc1nc(Cc2ccccc2)no1. The topological polar surface area (TPSA) is 71.2 Å². The lowest BCUT2D eigenvalue weighted by atomic mass is 9.95. The first kappa shape index (κ1) is 14.7. The van der Waals surface area contributed by atoms with Gasteiger partial charge in [-0.05, 0) is 5.56 Å². The molecule has 20 heavy (non-hydrogen) atoms. The van der Waals surface area contributed by atoms with Crippen molar-refractivity contribution in [1.29, 1.82) is 0 Å². The van der Waals surface area contributed by atoms with E-state index in [1.54, 1.807) is 0 Å². The lowest BCUT2D eigenvalue weighted by molar-refractivity contribution is 0.155. The summed E-state index contributed by atoms with van der Waals surface area (Å²) in [6.07, 6.45) is 0.673. The van der Waals surface area contributed by atoms with Crippen LogP contribution in [0.1, 0.15) is 31.1 Å². The van der Waals surface area contributed by atoms with Crippen LogP contribution in [0.2, 0.25) is 0 Å². The fourth-order valence-corrected chi connectivity index (χ4v) is 1.78. The van der Waals surface area contributed by atoms with Crippen molar-refractivity contribution < 1.29 is 9.63 Å². The Bertz CT molecular complexity index is 523. The number of hydrogen-bond donors (Lipinski definition) is 2. The molecule has 1 heterocycles. The monoisotopic (exact) mass is 275 g/mol. The van der Waals surface area contributed by atoms with Gasteiger partial charge in [0.1, 0.15) is 0 Å². The van der Waals surface area contributed by atoms with Crippen LogP contribution in [0.3, 0.4) is 0 Å². The Balaban J connectivity index is 1.84. The van der Waals surface area contributed by atoms with Crippen molar-refractivity contribution in [2.45, 2.75) is 26.8 Å². The molecule has 0 fully saturated rings.